The number of likely N-dealkylation sites (tertiary alicyclic amines) is 2. The van der Waals surface area contributed by atoms with Gasteiger partial charge < -0.3 is 4.90 Å². The summed E-state index contributed by atoms with van der Waals surface area (Å²) in [6.45, 7) is 5.12. The number of piperidine rings is 2. The van der Waals surface area contributed by atoms with Crippen LogP contribution >= 0.6 is 11.3 Å². The van der Waals surface area contributed by atoms with E-state index in [1.54, 1.807) is 0 Å². The van der Waals surface area contributed by atoms with Crippen LogP contribution in [0.2, 0.25) is 0 Å². The molecule has 1 aliphatic carbocycles. The molecule has 25 heavy (non-hydrogen) atoms. The fraction of sp³-hybridized carbons (Fsp3) is 0.800. The van der Waals surface area contributed by atoms with Crippen molar-refractivity contribution in [2.45, 2.75) is 70.3 Å². The lowest BCUT2D eigenvalue weighted by atomic mass is 9.94. The van der Waals surface area contributed by atoms with E-state index in [0.29, 0.717) is 5.91 Å². The van der Waals surface area contributed by atoms with Gasteiger partial charge in [0.2, 0.25) is 5.91 Å². The van der Waals surface area contributed by atoms with Gasteiger partial charge in [0.05, 0.1) is 5.01 Å². The summed E-state index contributed by atoms with van der Waals surface area (Å²) in [7, 11) is 0. The Labute approximate surface area is 155 Å². The molecule has 2 aliphatic heterocycles. The minimum Gasteiger partial charge on any atom is -0.342 e. The summed E-state index contributed by atoms with van der Waals surface area (Å²) in [4.78, 5) is 23.4. The second kappa shape index (κ2) is 8.17. The highest BCUT2D eigenvalue weighted by Crippen LogP contribution is 2.36. The van der Waals surface area contributed by atoms with Gasteiger partial charge in [-0.1, -0.05) is 12.8 Å². The maximum Gasteiger partial charge on any atom is 0.225 e. The zero-order valence-corrected chi connectivity index (χ0v) is 16.1. The van der Waals surface area contributed by atoms with Gasteiger partial charge >= 0.3 is 0 Å². The Morgan fingerprint density at radius 2 is 1.72 bits per heavy atom. The van der Waals surface area contributed by atoms with Crippen molar-refractivity contribution in [3.05, 3.63) is 16.1 Å². The molecule has 1 amide bonds. The Kier molecular flexibility index (Phi) is 5.71. The predicted octanol–water partition coefficient (Wildman–Crippen LogP) is 4.03. The third-order valence-electron chi connectivity index (χ3n) is 6.26. The number of rotatable bonds is 4. The van der Waals surface area contributed by atoms with Crippen molar-refractivity contribution in [2.24, 2.45) is 5.92 Å². The van der Waals surface area contributed by atoms with Crippen LogP contribution in [-0.4, -0.2) is 46.9 Å². The molecule has 3 aliphatic rings. The van der Waals surface area contributed by atoms with E-state index >= 15 is 0 Å². The minimum absolute atomic E-state index is 0.268. The number of aromatic nitrogens is 1. The minimum atomic E-state index is 0.268. The molecular weight excluding hydrogens is 330 g/mol. The third kappa shape index (κ3) is 4.25. The average molecular weight is 362 g/mol. The first-order chi connectivity index (χ1) is 12.3. The fourth-order valence-corrected chi connectivity index (χ4v) is 5.82. The van der Waals surface area contributed by atoms with Crippen molar-refractivity contribution in [3.8, 4) is 0 Å². The second-order valence-electron chi connectivity index (χ2n) is 8.08. The lowest BCUT2D eigenvalue weighted by molar-refractivity contribution is -0.138. The number of carbonyl (C=O) groups excluding carboxylic acids is 1. The second-order valence-corrected chi connectivity index (χ2v) is 9.23. The molecule has 2 saturated heterocycles. The lowest BCUT2D eigenvalue weighted by Gasteiger charge is -2.35. The van der Waals surface area contributed by atoms with Crippen LogP contribution in [0.25, 0.3) is 0 Å². The molecule has 5 heteroatoms. The molecule has 0 radical (unpaired) electrons. The smallest absolute Gasteiger partial charge is 0.225 e. The summed E-state index contributed by atoms with van der Waals surface area (Å²) in [6.07, 6.45) is 13.2. The average Bonchev–Trinajstić information content (AvgIpc) is 3.34. The van der Waals surface area contributed by atoms with Gasteiger partial charge in [-0.05, 0) is 58.0 Å². The third-order valence-corrected chi connectivity index (χ3v) is 7.40. The van der Waals surface area contributed by atoms with Crippen molar-refractivity contribution in [1.29, 1.82) is 0 Å². The normalized spacial score (nSPS) is 24.1. The number of nitrogens with zero attached hydrogens (tertiary/aromatic N) is 3. The molecule has 3 fully saturated rings. The summed E-state index contributed by atoms with van der Waals surface area (Å²) >= 11 is 1.93. The van der Waals surface area contributed by atoms with Gasteiger partial charge in [-0.3, -0.25) is 9.69 Å². The highest BCUT2D eigenvalue weighted by molar-refractivity contribution is 7.11. The van der Waals surface area contributed by atoms with Crippen LogP contribution in [0.3, 0.4) is 0 Å². The van der Waals surface area contributed by atoms with E-state index in [4.69, 9.17) is 4.98 Å². The van der Waals surface area contributed by atoms with Crippen molar-refractivity contribution in [2.75, 3.05) is 26.2 Å². The lowest BCUT2D eigenvalue weighted by Crippen LogP contribution is -2.44. The molecule has 0 N–H and O–H groups in total. The van der Waals surface area contributed by atoms with Crippen LogP contribution < -0.4 is 0 Å². The molecule has 3 heterocycles. The summed E-state index contributed by atoms with van der Waals surface area (Å²) < 4.78 is 0. The van der Waals surface area contributed by atoms with E-state index in [9.17, 15) is 4.79 Å². The number of hydrogen-bond acceptors (Lipinski definition) is 4. The zero-order valence-electron chi connectivity index (χ0n) is 15.3. The van der Waals surface area contributed by atoms with E-state index in [-0.39, 0.29) is 5.92 Å². The highest BCUT2D eigenvalue weighted by atomic mass is 32.1. The Morgan fingerprint density at radius 1 is 1.00 bits per heavy atom. The first-order valence-corrected chi connectivity index (χ1v) is 11.1. The maximum absolute atomic E-state index is 12.7. The van der Waals surface area contributed by atoms with Crippen LogP contribution in [0.15, 0.2) is 6.20 Å². The molecule has 1 aromatic heterocycles. The monoisotopic (exact) mass is 361 g/mol. The number of amides is 1. The predicted molar refractivity (Wildman–Crippen MR) is 102 cm³/mol. The van der Waals surface area contributed by atoms with Gasteiger partial charge in [0, 0.05) is 42.5 Å². The number of hydrogen-bond donors (Lipinski definition) is 0. The molecule has 0 aromatic carbocycles. The highest BCUT2D eigenvalue weighted by Gasteiger charge is 2.29. The number of thiazole rings is 1. The largest absolute Gasteiger partial charge is 0.342 e. The summed E-state index contributed by atoms with van der Waals surface area (Å²) in [6, 6.07) is 0. The van der Waals surface area contributed by atoms with E-state index in [0.717, 1.165) is 51.5 Å². The molecule has 0 unspecified atom stereocenters. The SMILES string of the molecule is O=C(C1CCN(Cc2cnc(C3CCCC3)s2)CC1)N1CCCCC1. The van der Waals surface area contributed by atoms with Gasteiger partial charge in [-0.15, -0.1) is 11.3 Å². The zero-order chi connectivity index (χ0) is 17.1. The van der Waals surface area contributed by atoms with Crippen LogP contribution in [0.1, 0.15) is 73.6 Å². The van der Waals surface area contributed by atoms with Gasteiger partial charge in [-0.25, -0.2) is 4.98 Å². The Balaban J connectivity index is 1.25. The molecule has 0 atom stereocenters. The summed E-state index contributed by atoms with van der Waals surface area (Å²) in [5, 5.41) is 1.36. The number of carbonyl (C=O) groups is 1. The molecule has 138 valence electrons. The van der Waals surface area contributed by atoms with Gasteiger partial charge in [0.1, 0.15) is 0 Å². The molecule has 4 nitrogen and oxygen atoms in total. The standard InChI is InChI=1S/C20H31N3OS/c24-20(23-10-4-1-5-11-23)17-8-12-22(13-9-17)15-18-14-21-19(25-18)16-6-2-3-7-16/h14,16-17H,1-13,15H2. The molecule has 4 rings (SSSR count). The Bertz CT molecular complexity index is 567. The van der Waals surface area contributed by atoms with Crippen LogP contribution in [0.5, 0.6) is 0 Å². The first kappa shape index (κ1) is 17.5. The van der Waals surface area contributed by atoms with Crippen molar-refractivity contribution >= 4 is 17.2 Å². The van der Waals surface area contributed by atoms with E-state index in [1.165, 1.54) is 54.8 Å². The summed E-state index contributed by atoms with van der Waals surface area (Å²) in [5.74, 6) is 1.43. The molecule has 1 saturated carbocycles. The van der Waals surface area contributed by atoms with Crippen molar-refractivity contribution in [1.82, 2.24) is 14.8 Å². The van der Waals surface area contributed by atoms with E-state index in [2.05, 4.69) is 16.0 Å². The molecule has 0 bridgehead atoms. The molecule has 1 aromatic rings. The Morgan fingerprint density at radius 3 is 2.44 bits per heavy atom. The summed E-state index contributed by atoms with van der Waals surface area (Å²) in [5.41, 5.74) is 0. The first-order valence-electron chi connectivity index (χ1n) is 10.3. The topological polar surface area (TPSA) is 36.4 Å². The molecular formula is C20H31N3OS. The molecule has 0 spiro atoms. The van der Waals surface area contributed by atoms with E-state index in [1.807, 2.05) is 11.3 Å². The van der Waals surface area contributed by atoms with E-state index < -0.39 is 0 Å². The van der Waals surface area contributed by atoms with Crippen LogP contribution in [0.4, 0.5) is 0 Å². The van der Waals surface area contributed by atoms with Gasteiger partial charge in [-0.2, -0.15) is 0 Å². The van der Waals surface area contributed by atoms with Gasteiger partial charge in [0.15, 0.2) is 0 Å². The van der Waals surface area contributed by atoms with Crippen molar-refractivity contribution in [3.63, 3.8) is 0 Å². The van der Waals surface area contributed by atoms with Crippen LogP contribution in [0, 0.1) is 5.92 Å². The maximum atomic E-state index is 12.7. The van der Waals surface area contributed by atoms with Crippen molar-refractivity contribution < 1.29 is 4.79 Å². The van der Waals surface area contributed by atoms with Gasteiger partial charge in [0.25, 0.3) is 0 Å². The van der Waals surface area contributed by atoms with Crippen LogP contribution in [-0.2, 0) is 11.3 Å². The fourth-order valence-electron chi connectivity index (χ4n) is 4.69. The quantitative estimate of drug-likeness (QED) is 0.812. The Hall–Kier alpha value is -0.940.